The summed E-state index contributed by atoms with van der Waals surface area (Å²) in [4.78, 5) is 7.45. The number of rotatable bonds is 6. The van der Waals surface area contributed by atoms with Crippen LogP contribution in [0.2, 0.25) is 5.02 Å². The Bertz CT molecular complexity index is 1710. The fraction of sp³-hybridized carbons (Fsp3) is 0.360. The van der Waals surface area contributed by atoms with E-state index in [4.69, 9.17) is 16.3 Å². The molecule has 4 aromatic rings. The van der Waals surface area contributed by atoms with Gasteiger partial charge in [-0.05, 0) is 25.1 Å². The highest BCUT2D eigenvalue weighted by atomic mass is 35.5. The molecule has 242 valence electrons. The van der Waals surface area contributed by atoms with Crippen LogP contribution in [0.15, 0.2) is 36.8 Å². The number of halogens is 9. The standard InChI is InChI=1S/C25H19ClF8N6O5/c1-9-37-23(40(38-9)13-4-11(26)6-35-22(13)24(29,30)31)21-20(43)18(19(42)15(8-41)44-21)39-7-10(5-36-39)12-2-3-14(17(28)16(12)27)45-25(32,33)34/h2-7,15,18-21,41-43H,8H2,1H3/t15-,18+,19+,20-,21-/m1/s1. The number of hydrogen-bond acceptors (Lipinski definition) is 9. The van der Waals surface area contributed by atoms with Crippen molar-refractivity contribution in [3.05, 3.63) is 70.8 Å². The molecule has 0 saturated carbocycles. The molecule has 45 heavy (non-hydrogen) atoms. The quantitative estimate of drug-likeness (QED) is 0.259. The minimum absolute atomic E-state index is 0.0750. The highest BCUT2D eigenvalue weighted by Crippen LogP contribution is 2.41. The number of aryl methyl sites for hydroxylation is 1. The van der Waals surface area contributed by atoms with E-state index in [0.717, 1.165) is 35.4 Å². The van der Waals surface area contributed by atoms with E-state index in [1.165, 1.54) is 6.92 Å². The lowest BCUT2D eigenvalue weighted by Crippen LogP contribution is -2.53. The Labute approximate surface area is 251 Å². The van der Waals surface area contributed by atoms with Crippen LogP contribution in [0.4, 0.5) is 35.1 Å². The molecule has 0 radical (unpaired) electrons. The van der Waals surface area contributed by atoms with Gasteiger partial charge in [0.15, 0.2) is 23.1 Å². The van der Waals surface area contributed by atoms with Crippen molar-refractivity contribution in [2.24, 2.45) is 0 Å². The lowest BCUT2D eigenvalue weighted by atomic mass is 9.92. The minimum atomic E-state index is -5.30. The second-order valence-corrected chi connectivity index (χ2v) is 10.1. The van der Waals surface area contributed by atoms with E-state index < -0.39 is 89.8 Å². The van der Waals surface area contributed by atoms with E-state index in [1.807, 2.05) is 0 Å². The first-order chi connectivity index (χ1) is 21.0. The van der Waals surface area contributed by atoms with Gasteiger partial charge in [0.05, 0.1) is 23.5 Å². The number of benzene rings is 1. The van der Waals surface area contributed by atoms with Crippen molar-refractivity contribution in [2.45, 2.75) is 49.9 Å². The lowest BCUT2D eigenvalue weighted by Gasteiger charge is -2.41. The summed E-state index contributed by atoms with van der Waals surface area (Å²) in [5, 5.41) is 40.0. The molecule has 5 atom stereocenters. The molecule has 20 heteroatoms. The monoisotopic (exact) mass is 670 g/mol. The molecule has 0 spiro atoms. The van der Waals surface area contributed by atoms with E-state index in [1.54, 1.807) is 0 Å². The maximum Gasteiger partial charge on any atom is 0.573 e. The van der Waals surface area contributed by atoms with E-state index >= 15 is 0 Å². The van der Waals surface area contributed by atoms with E-state index in [-0.39, 0.29) is 16.4 Å². The Kier molecular flexibility index (Phi) is 8.51. The number of alkyl halides is 6. The van der Waals surface area contributed by atoms with Gasteiger partial charge < -0.3 is 24.8 Å². The van der Waals surface area contributed by atoms with E-state index in [9.17, 15) is 50.4 Å². The van der Waals surface area contributed by atoms with Crippen molar-refractivity contribution in [3.8, 4) is 22.6 Å². The van der Waals surface area contributed by atoms with Crippen molar-refractivity contribution in [3.63, 3.8) is 0 Å². The molecular weight excluding hydrogens is 652 g/mol. The van der Waals surface area contributed by atoms with Gasteiger partial charge >= 0.3 is 12.5 Å². The minimum Gasteiger partial charge on any atom is -0.403 e. The zero-order valence-corrected chi connectivity index (χ0v) is 23.1. The average Bonchev–Trinajstić information content (AvgIpc) is 3.57. The first-order valence-electron chi connectivity index (χ1n) is 12.6. The third-order valence-electron chi connectivity index (χ3n) is 6.71. The third kappa shape index (κ3) is 6.30. The molecule has 3 aromatic heterocycles. The van der Waals surface area contributed by atoms with Gasteiger partial charge in [0.25, 0.3) is 0 Å². The maximum atomic E-state index is 14.8. The number of aliphatic hydroxyl groups is 3. The fourth-order valence-electron chi connectivity index (χ4n) is 4.83. The first-order valence-corrected chi connectivity index (χ1v) is 12.9. The second-order valence-electron chi connectivity index (χ2n) is 9.69. The molecule has 1 saturated heterocycles. The molecule has 1 aliphatic heterocycles. The van der Waals surface area contributed by atoms with Crippen LogP contribution in [-0.4, -0.2) is 76.1 Å². The summed E-state index contributed by atoms with van der Waals surface area (Å²) in [6.45, 7) is 0.462. The Morgan fingerprint density at radius 3 is 2.40 bits per heavy atom. The van der Waals surface area contributed by atoms with Crippen molar-refractivity contribution in [1.82, 2.24) is 29.5 Å². The van der Waals surface area contributed by atoms with Crippen LogP contribution in [0.1, 0.15) is 29.5 Å². The van der Waals surface area contributed by atoms with Gasteiger partial charge in [-0.2, -0.15) is 27.8 Å². The van der Waals surface area contributed by atoms with E-state index in [0.29, 0.717) is 10.7 Å². The van der Waals surface area contributed by atoms with Crippen LogP contribution < -0.4 is 4.74 Å². The highest BCUT2D eigenvalue weighted by molar-refractivity contribution is 6.30. The Balaban J connectivity index is 1.55. The van der Waals surface area contributed by atoms with Crippen molar-refractivity contribution in [1.29, 1.82) is 0 Å². The first kappa shape index (κ1) is 32.5. The summed E-state index contributed by atoms with van der Waals surface area (Å²) in [5.41, 5.74) is -2.87. The van der Waals surface area contributed by atoms with E-state index in [2.05, 4.69) is 24.9 Å². The van der Waals surface area contributed by atoms with Gasteiger partial charge in [0.1, 0.15) is 36.3 Å². The van der Waals surface area contributed by atoms with Crippen molar-refractivity contribution >= 4 is 11.6 Å². The number of pyridine rings is 1. The van der Waals surface area contributed by atoms with Crippen LogP contribution in [0.25, 0.3) is 16.8 Å². The van der Waals surface area contributed by atoms with Gasteiger partial charge in [0, 0.05) is 23.5 Å². The predicted molar refractivity (Wildman–Crippen MR) is 134 cm³/mol. The maximum absolute atomic E-state index is 14.8. The number of ether oxygens (including phenoxy) is 2. The molecular formula is C25H19ClF8N6O5. The van der Waals surface area contributed by atoms with Gasteiger partial charge in [-0.15, -0.1) is 13.2 Å². The highest BCUT2D eigenvalue weighted by Gasteiger charge is 2.49. The summed E-state index contributed by atoms with van der Waals surface area (Å²) in [7, 11) is 0. The molecule has 0 bridgehead atoms. The SMILES string of the molecule is Cc1nc([C@@H]2O[C@H](CO)[C@H](O)[C@H](n3cc(-c4ccc(OC(F)(F)F)c(F)c4F)cn3)[C@H]2O)n(-c2cc(Cl)cnc2C(F)(F)F)n1. The Morgan fingerprint density at radius 2 is 1.76 bits per heavy atom. The van der Waals surface area contributed by atoms with Gasteiger partial charge in [-0.25, -0.2) is 19.0 Å². The van der Waals surface area contributed by atoms with Crippen LogP contribution in [0, 0.1) is 18.6 Å². The summed E-state index contributed by atoms with van der Waals surface area (Å²) >= 11 is 5.91. The van der Waals surface area contributed by atoms with Crippen LogP contribution in [0.5, 0.6) is 5.75 Å². The molecule has 0 aliphatic carbocycles. The van der Waals surface area contributed by atoms with Gasteiger partial charge in [-0.1, -0.05) is 11.6 Å². The molecule has 1 fully saturated rings. The third-order valence-corrected chi connectivity index (χ3v) is 6.91. The molecule has 0 unspecified atom stereocenters. The number of hydrogen-bond donors (Lipinski definition) is 3. The summed E-state index contributed by atoms with van der Waals surface area (Å²) < 4.78 is 119. The second kappa shape index (κ2) is 11.8. The predicted octanol–water partition coefficient (Wildman–Crippen LogP) is 4.08. The molecule has 0 amide bonds. The van der Waals surface area contributed by atoms with Crippen LogP contribution >= 0.6 is 11.6 Å². The van der Waals surface area contributed by atoms with Gasteiger partial charge in [-0.3, -0.25) is 4.68 Å². The zero-order valence-electron chi connectivity index (χ0n) is 22.3. The molecule has 11 nitrogen and oxygen atoms in total. The summed E-state index contributed by atoms with van der Waals surface area (Å²) in [6.07, 6.45) is -14.4. The molecule has 3 N–H and O–H groups in total. The van der Waals surface area contributed by atoms with Crippen LogP contribution in [-0.2, 0) is 10.9 Å². The molecule has 5 rings (SSSR count). The topological polar surface area (TPSA) is 141 Å². The molecule has 4 heterocycles. The number of aliphatic hydroxyl groups excluding tert-OH is 3. The number of nitrogens with zero attached hydrogens (tertiary/aromatic N) is 6. The van der Waals surface area contributed by atoms with Crippen molar-refractivity contribution < 1.29 is 59.9 Å². The van der Waals surface area contributed by atoms with Crippen molar-refractivity contribution in [2.75, 3.05) is 6.61 Å². The fourth-order valence-corrected chi connectivity index (χ4v) is 4.98. The normalized spacial score (nSPS) is 22.6. The summed E-state index contributed by atoms with van der Waals surface area (Å²) in [6, 6.07) is 0.655. The molecule has 1 aliphatic rings. The average molecular weight is 671 g/mol. The van der Waals surface area contributed by atoms with Gasteiger partial charge in [0.2, 0.25) is 5.82 Å². The molecule has 1 aromatic carbocycles. The largest absolute Gasteiger partial charge is 0.573 e. The Hall–Kier alpha value is -3.91. The van der Waals surface area contributed by atoms with Crippen LogP contribution in [0.3, 0.4) is 0 Å². The zero-order chi connectivity index (χ0) is 33.0. The smallest absolute Gasteiger partial charge is 0.403 e. The number of aromatic nitrogens is 6. The summed E-state index contributed by atoms with van der Waals surface area (Å²) in [5.74, 6) is -5.59. The Morgan fingerprint density at radius 1 is 1.04 bits per heavy atom. The lowest BCUT2D eigenvalue weighted by molar-refractivity contribution is -0.275.